The molecule has 0 aromatic carbocycles. The Bertz CT molecular complexity index is 315. The summed E-state index contributed by atoms with van der Waals surface area (Å²) in [6.45, 7) is 3.35. The van der Waals surface area contributed by atoms with Crippen molar-refractivity contribution in [2.75, 3.05) is 13.1 Å². The standard InChI is InChI=1S/C9H15N3O/c1-7-3-8(12(2)11-7)4-9(13)5-10-6-9/h3,10,13H,4-6H2,1-2H3. The van der Waals surface area contributed by atoms with Gasteiger partial charge in [0.2, 0.25) is 0 Å². The molecule has 72 valence electrons. The summed E-state index contributed by atoms with van der Waals surface area (Å²) in [6, 6.07) is 2.02. The van der Waals surface area contributed by atoms with Crippen LogP contribution in [0.1, 0.15) is 11.4 Å². The van der Waals surface area contributed by atoms with Crippen molar-refractivity contribution in [3.63, 3.8) is 0 Å². The number of aromatic nitrogens is 2. The van der Waals surface area contributed by atoms with Gasteiger partial charge in [-0.3, -0.25) is 4.68 Å². The van der Waals surface area contributed by atoms with E-state index in [1.54, 1.807) is 0 Å². The van der Waals surface area contributed by atoms with Gasteiger partial charge in [-0.05, 0) is 13.0 Å². The Morgan fingerprint density at radius 2 is 2.38 bits per heavy atom. The lowest BCUT2D eigenvalue weighted by Gasteiger charge is -2.37. The van der Waals surface area contributed by atoms with Gasteiger partial charge in [0, 0.05) is 32.3 Å². The monoisotopic (exact) mass is 181 g/mol. The summed E-state index contributed by atoms with van der Waals surface area (Å²) >= 11 is 0. The molecule has 1 saturated heterocycles. The summed E-state index contributed by atoms with van der Waals surface area (Å²) < 4.78 is 1.84. The van der Waals surface area contributed by atoms with Crippen LogP contribution in [0.25, 0.3) is 0 Å². The maximum absolute atomic E-state index is 9.89. The van der Waals surface area contributed by atoms with Gasteiger partial charge in [0.15, 0.2) is 0 Å². The van der Waals surface area contributed by atoms with E-state index < -0.39 is 5.60 Å². The third-order valence-electron chi connectivity index (χ3n) is 2.52. The second-order valence-electron chi connectivity index (χ2n) is 3.91. The van der Waals surface area contributed by atoms with Gasteiger partial charge in [-0.1, -0.05) is 0 Å². The van der Waals surface area contributed by atoms with E-state index in [0.717, 1.165) is 11.4 Å². The van der Waals surface area contributed by atoms with Crippen molar-refractivity contribution in [1.29, 1.82) is 0 Å². The molecule has 0 unspecified atom stereocenters. The molecule has 0 aliphatic carbocycles. The van der Waals surface area contributed by atoms with Crippen molar-refractivity contribution >= 4 is 0 Å². The highest BCUT2D eigenvalue weighted by molar-refractivity contribution is 5.13. The van der Waals surface area contributed by atoms with Crippen LogP contribution in [0.3, 0.4) is 0 Å². The Balaban J connectivity index is 2.12. The Kier molecular flexibility index (Phi) is 1.89. The van der Waals surface area contributed by atoms with Gasteiger partial charge in [0.1, 0.15) is 0 Å². The molecule has 2 rings (SSSR count). The smallest absolute Gasteiger partial charge is 0.0950 e. The highest BCUT2D eigenvalue weighted by Gasteiger charge is 2.35. The van der Waals surface area contributed by atoms with Gasteiger partial charge < -0.3 is 10.4 Å². The maximum atomic E-state index is 9.89. The number of hydrogen-bond donors (Lipinski definition) is 2. The molecule has 1 aliphatic rings. The van der Waals surface area contributed by atoms with Crippen molar-refractivity contribution in [2.24, 2.45) is 7.05 Å². The molecule has 4 nitrogen and oxygen atoms in total. The first-order valence-electron chi connectivity index (χ1n) is 4.52. The molecule has 0 radical (unpaired) electrons. The lowest BCUT2D eigenvalue weighted by molar-refractivity contribution is -0.0105. The van der Waals surface area contributed by atoms with E-state index >= 15 is 0 Å². The molecule has 1 aromatic heterocycles. The number of rotatable bonds is 2. The molecule has 1 fully saturated rings. The molecule has 0 atom stereocenters. The lowest BCUT2D eigenvalue weighted by atomic mass is 9.91. The summed E-state index contributed by atoms with van der Waals surface area (Å²) in [6.07, 6.45) is 0.692. The number of β-amino-alcohol motifs (C(OH)–C–C–N with tert-alkyl or cyclic N) is 1. The fourth-order valence-electron chi connectivity index (χ4n) is 1.71. The van der Waals surface area contributed by atoms with Crippen molar-refractivity contribution in [3.8, 4) is 0 Å². The third kappa shape index (κ3) is 1.59. The second-order valence-corrected chi connectivity index (χ2v) is 3.91. The summed E-state index contributed by atoms with van der Waals surface area (Å²) in [5.74, 6) is 0. The highest BCUT2D eigenvalue weighted by Crippen LogP contribution is 2.17. The maximum Gasteiger partial charge on any atom is 0.0950 e. The van der Waals surface area contributed by atoms with Crippen molar-refractivity contribution in [1.82, 2.24) is 15.1 Å². The Morgan fingerprint density at radius 3 is 2.77 bits per heavy atom. The van der Waals surface area contributed by atoms with Crippen LogP contribution in [-0.4, -0.2) is 33.6 Å². The SMILES string of the molecule is Cc1cc(CC2(O)CNC2)n(C)n1. The van der Waals surface area contributed by atoms with E-state index in [1.165, 1.54) is 0 Å². The van der Waals surface area contributed by atoms with Gasteiger partial charge in [-0.25, -0.2) is 0 Å². The van der Waals surface area contributed by atoms with Crippen LogP contribution in [0.15, 0.2) is 6.07 Å². The number of hydrogen-bond acceptors (Lipinski definition) is 3. The molecular formula is C9H15N3O. The molecule has 13 heavy (non-hydrogen) atoms. The minimum absolute atomic E-state index is 0.541. The van der Waals surface area contributed by atoms with Crippen LogP contribution >= 0.6 is 0 Å². The van der Waals surface area contributed by atoms with Crippen LogP contribution in [0.4, 0.5) is 0 Å². The minimum atomic E-state index is -0.541. The molecule has 4 heteroatoms. The van der Waals surface area contributed by atoms with Crippen LogP contribution in [0, 0.1) is 6.92 Å². The quantitative estimate of drug-likeness (QED) is 0.653. The van der Waals surface area contributed by atoms with E-state index in [4.69, 9.17) is 0 Å². The van der Waals surface area contributed by atoms with Gasteiger partial charge in [0.05, 0.1) is 11.3 Å². The number of aliphatic hydroxyl groups is 1. The van der Waals surface area contributed by atoms with Crippen LogP contribution in [0.2, 0.25) is 0 Å². The molecule has 0 saturated carbocycles. The first-order chi connectivity index (χ1) is 6.09. The Morgan fingerprint density at radius 1 is 1.69 bits per heavy atom. The highest BCUT2D eigenvalue weighted by atomic mass is 16.3. The van der Waals surface area contributed by atoms with Crippen molar-refractivity contribution in [3.05, 3.63) is 17.5 Å². The summed E-state index contributed by atoms with van der Waals surface area (Å²) in [5, 5.41) is 17.2. The lowest BCUT2D eigenvalue weighted by Crippen LogP contribution is -2.60. The fraction of sp³-hybridized carbons (Fsp3) is 0.667. The van der Waals surface area contributed by atoms with Crippen LogP contribution in [0.5, 0.6) is 0 Å². The number of aryl methyl sites for hydroxylation is 2. The fourth-order valence-corrected chi connectivity index (χ4v) is 1.71. The third-order valence-corrected chi connectivity index (χ3v) is 2.52. The average molecular weight is 181 g/mol. The molecule has 2 N–H and O–H groups in total. The average Bonchev–Trinajstić information content (AvgIpc) is 2.27. The van der Waals surface area contributed by atoms with Crippen LogP contribution in [-0.2, 0) is 13.5 Å². The van der Waals surface area contributed by atoms with Gasteiger partial charge in [-0.15, -0.1) is 0 Å². The first-order valence-corrected chi connectivity index (χ1v) is 4.52. The normalized spacial score (nSPS) is 19.9. The number of nitrogens with zero attached hydrogens (tertiary/aromatic N) is 2. The molecule has 1 aliphatic heterocycles. The van der Waals surface area contributed by atoms with Crippen molar-refractivity contribution < 1.29 is 5.11 Å². The predicted octanol–water partition coefficient (Wildman–Crippen LogP) is -0.395. The Labute approximate surface area is 77.6 Å². The van der Waals surface area contributed by atoms with E-state index in [0.29, 0.717) is 19.5 Å². The van der Waals surface area contributed by atoms with Gasteiger partial charge in [0.25, 0.3) is 0 Å². The zero-order valence-electron chi connectivity index (χ0n) is 8.04. The summed E-state index contributed by atoms with van der Waals surface area (Å²) in [4.78, 5) is 0. The molecule has 0 bridgehead atoms. The molecular weight excluding hydrogens is 166 g/mol. The number of nitrogens with one attached hydrogen (secondary N) is 1. The van der Waals surface area contributed by atoms with Crippen molar-refractivity contribution in [2.45, 2.75) is 18.9 Å². The van der Waals surface area contributed by atoms with E-state index in [9.17, 15) is 5.11 Å². The molecule has 0 amide bonds. The zero-order chi connectivity index (χ0) is 9.47. The largest absolute Gasteiger partial charge is 0.387 e. The molecule has 2 heterocycles. The second kappa shape index (κ2) is 2.82. The van der Waals surface area contributed by atoms with Gasteiger partial charge in [-0.2, -0.15) is 5.10 Å². The van der Waals surface area contributed by atoms with E-state index in [1.807, 2.05) is 24.7 Å². The van der Waals surface area contributed by atoms with Crippen LogP contribution < -0.4 is 5.32 Å². The van der Waals surface area contributed by atoms with Gasteiger partial charge >= 0.3 is 0 Å². The minimum Gasteiger partial charge on any atom is -0.387 e. The molecule has 0 spiro atoms. The van der Waals surface area contributed by atoms with E-state index in [2.05, 4.69) is 10.4 Å². The topological polar surface area (TPSA) is 50.1 Å². The van der Waals surface area contributed by atoms with E-state index in [-0.39, 0.29) is 0 Å². The Hall–Kier alpha value is -0.870. The summed E-state index contributed by atoms with van der Waals surface area (Å²) in [5.41, 5.74) is 1.56. The molecule has 1 aromatic rings. The zero-order valence-corrected chi connectivity index (χ0v) is 8.04. The first kappa shape index (κ1) is 8.72. The summed E-state index contributed by atoms with van der Waals surface area (Å²) in [7, 11) is 1.91. The predicted molar refractivity (Wildman–Crippen MR) is 49.5 cm³/mol.